The number of anilines is 3. The van der Waals surface area contributed by atoms with Gasteiger partial charge in [-0.1, -0.05) is 0 Å². The van der Waals surface area contributed by atoms with E-state index in [0.29, 0.717) is 61.5 Å². The van der Waals surface area contributed by atoms with Gasteiger partial charge in [0.15, 0.2) is 0 Å². The quantitative estimate of drug-likeness (QED) is 0.166. The molecule has 8 N–H and O–H groups in total. The maximum atomic E-state index is 12.8. The zero-order chi connectivity index (χ0) is 24.2. The second kappa shape index (κ2) is 9.87. The van der Waals surface area contributed by atoms with Gasteiger partial charge in [-0.05, 0) is 61.2 Å². The number of nitrogens with two attached hydrogens (primary N) is 2. The molecule has 0 aromatic heterocycles. The highest BCUT2D eigenvalue weighted by molar-refractivity contribution is 5.98. The standard InChI is InChI=1S/C23H29N7O4/c24-18-12-15(1-3-20(18)28-25)22(33)26-13-21(32)29-8-6-16(7-9-29)30-10-5-14-11-17(31)2-4-19(14)27-23(30)34/h1-4,11-12,16,28,31H,5-10,13,24-25H2,(H,26,33)(H,27,34). The van der Waals surface area contributed by atoms with E-state index in [4.69, 9.17) is 11.6 Å². The van der Waals surface area contributed by atoms with Crippen LogP contribution in [-0.2, 0) is 11.2 Å². The number of carbonyl (C=O) groups excluding carboxylic acids is 3. The van der Waals surface area contributed by atoms with E-state index in [1.165, 1.54) is 6.07 Å². The first-order valence-electron chi connectivity index (χ1n) is 11.2. The van der Waals surface area contributed by atoms with Crippen LogP contribution in [0.3, 0.4) is 0 Å². The number of aromatic hydroxyl groups is 1. The molecule has 1 fully saturated rings. The first-order valence-corrected chi connectivity index (χ1v) is 11.2. The number of likely N-dealkylation sites (tertiary alicyclic amines) is 1. The Morgan fingerprint density at radius 1 is 1.12 bits per heavy atom. The number of amides is 4. The monoisotopic (exact) mass is 467 g/mol. The fraction of sp³-hybridized carbons (Fsp3) is 0.348. The number of hydrogen-bond acceptors (Lipinski definition) is 7. The molecule has 0 bridgehead atoms. The van der Waals surface area contributed by atoms with Crippen LogP contribution in [0.4, 0.5) is 21.9 Å². The number of urea groups is 1. The molecule has 2 aromatic carbocycles. The predicted molar refractivity (Wildman–Crippen MR) is 128 cm³/mol. The molecule has 11 heteroatoms. The average molecular weight is 468 g/mol. The van der Waals surface area contributed by atoms with Gasteiger partial charge in [-0.25, -0.2) is 4.79 Å². The Kier molecular flexibility index (Phi) is 6.73. The summed E-state index contributed by atoms with van der Waals surface area (Å²) in [6.07, 6.45) is 1.94. The lowest BCUT2D eigenvalue weighted by Gasteiger charge is -2.38. The van der Waals surface area contributed by atoms with Gasteiger partial charge in [0.25, 0.3) is 5.91 Å². The molecule has 4 rings (SSSR count). The van der Waals surface area contributed by atoms with Crippen molar-refractivity contribution in [3.63, 3.8) is 0 Å². The van der Waals surface area contributed by atoms with Gasteiger partial charge >= 0.3 is 6.03 Å². The van der Waals surface area contributed by atoms with Crippen molar-refractivity contribution in [2.75, 3.05) is 42.7 Å². The number of phenolic OH excluding ortho intramolecular Hbond substituents is 1. The van der Waals surface area contributed by atoms with Gasteiger partial charge in [0.05, 0.1) is 17.9 Å². The minimum absolute atomic E-state index is 0.0131. The topological polar surface area (TPSA) is 166 Å². The van der Waals surface area contributed by atoms with Crippen molar-refractivity contribution in [3.05, 3.63) is 47.5 Å². The van der Waals surface area contributed by atoms with E-state index in [9.17, 15) is 19.5 Å². The summed E-state index contributed by atoms with van der Waals surface area (Å²) in [5.41, 5.74) is 11.1. The Morgan fingerprint density at radius 3 is 2.59 bits per heavy atom. The Morgan fingerprint density at radius 2 is 1.88 bits per heavy atom. The molecule has 0 atom stereocenters. The molecule has 11 nitrogen and oxygen atoms in total. The van der Waals surface area contributed by atoms with E-state index in [1.54, 1.807) is 35.2 Å². The summed E-state index contributed by atoms with van der Waals surface area (Å²) in [5.74, 6) is 4.94. The number of fused-ring (bicyclic) bond motifs is 1. The lowest BCUT2D eigenvalue weighted by Crippen LogP contribution is -2.51. The van der Waals surface area contributed by atoms with E-state index >= 15 is 0 Å². The first kappa shape index (κ1) is 23.2. The third kappa shape index (κ3) is 4.99. The molecule has 0 unspecified atom stereocenters. The Labute approximate surface area is 197 Å². The zero-order valence-corrected chi connectivity index (χ0v) is 18.7. The molecule has 0 saturated carbocycles. The van der Waals surface area contributed by atoms with Crippen molar-refractivity contribution >= 4 is 34.9 Å². The summed E-state index contributed by atoms with van der Waals surface area (Å²) in [6, 6.07) is 9.44. The van der Waals surface area contributed by atoms with Crippen LogP contribution in [0.5, 0.6) is 5.75 Å². The molecule has 4 amide bonds. The molecule has 2 aromatic rings. The number of hydrogen-bond donors (Lipinski definition) is 6. The molecule has 0 spiro atoms. The molecule has 0 radical (unpaired) electrons. The zero-order valence-electron chi connectivity index (χ0n) is 18.7. The van der Waals surface area contributed by atoms with Crippen LogP contribution in [0.2, 0.25) is 0 Å². The van der Waals surface area contributed by atoms with Crippen molar-refractivity contribution in [2.45, 2.75) is 25.3 Å². The summed E-state index contributed by atoms with van der Waals surface area (Å²) in [7, 11) is 0. The minimum atomic E-state index is -0.398. The van der Waals surface area contributed by atoms with Crippen molar-refractivity contribution in [2.24, 2.45) is 5.84 Å². The second-order valence-electron chi connectivity index (χ2n) is 8.46. The number of phenols is 1. The lowest BCUT2D eigenvalue weighted by molar-refractivity contribution is -0.131. The van der Waals surface area contributed by atoms with Gasteiger partial charge in [0, 0.05) is 36.9 Å². The molecular weight excluding hydrogens is 438 g/mol. The van der Waals surface area contributed by atoms with Gasteiger partial charge < -0.3 is 36.7 Å². The minimum Gasteiger partial charge on any atom is -0.508 e. The number of nitrogens with one attached hydrogen (secondary N) is 3. The molecule has 0 aliphatic carbocycles. The molecule has 1 saturated heterocycles. The van der Waals surface area contributed by atoms with E-state index < -0.39 is 5.91 Å². The summed E-state index contributed by atoms with van der Waals surface area (Å²) in [5, 5.41) is 15.3. The Hall–Kier alpha value is -3.99. The third-order valence-electron chi connectivity index (χ3n) is 6.34. The number of nitrogen functional groups attached to an aromatic ring is 2. The SMILES string of the molecule is NNc1ccc(C(=O)NCC(=O)N2CCC(N3CCc4cc(O)ccc4NC3=O)CC2)cc1N. The van der Waals surface area contributed by atoms with Crippen LogP contribution >= 0.6 is 0 Å². The fourth-order valence-electron chi connectivity index (χ4n) is 4.42. The van der Waals surface area contributed by atoms with Crippen molar-refractivity contribution in [3.8, 4) is 5.75 Å². The van der Waals surface area contributed by atoms with Crippen molar-refractivity contribution in [1.82, 2.24) is 15.1 Å². The second-order valence-corrected chi connectivity index (χ2v) is 8.46. The first-order chi connectivity index (χ1) is 16.4. The fourth-order valence-corrected chi connectivity index (χ4v) is 4.42. The molecule has 2 aliphatic rings. The maximum Gasteiger partial charge on any atom is 0.322 e. The van der Waals surface area contributed by atoms with Gasteiger partial charge in [-0.2, -0.15) is 0 Å². The van der Waals surface area contributed by atoms with Gasteiger partial charge in [0.1, 0.15) is 5.75 Å². The van der Waals surface area contributed by atoms with E-state index in [2.05, 4.69) is 16.1 Å². The van der Waals surface area contributed by atoms with Gasteiger partial charge in [0.2, 0.25) is 5.91 Å². The smallest absolute Gasteiger partial charge is 0.322 e. The molecule has 2 heterocycles. The highest BCUT2D eigenvalue weighted by Crippen LogP contribution is 2.27. The van der Waals surface area contributed by atoms with E-state index in [1.807, 2.05) is 4.90 Å². The van der Waals surface area contributed by atoms with Crippen molar-refractivity contribution < 1.29 is 19.5 Å². The molecule has 2 aliphatic heterocycles. The van der Waals surface area contributed by atoms with E-state index in [-0.39, 0.29) is 30.3 Å². The van der Waals surface area contributed by atoms with Crippen LogP contribution in [0.15, 0.2) is 36.4 Å². The predicted octanol–water partition coefficient (Wildman–Crippen LogP) is 1.07. The molecule has 34 heavy (non-hydrogen) atoms. The largest absolute Gasteiger partial charge is 0.508 e. The Bertz CT molecular complexity index is 1100. The normalized spacial score (nSPS) is 16.3. The van der Waals surface area contributed by atoms with Crippen LogP contribution in [0.1, 0.15) is 28.8 Å². The van der Waals surface area contributed by atoms with E-state index in [0.717, 1.165) is 5.56 Å². The summed E-state index contributed by atoms with van der Waals surface area (Å²) in [4.78, 5) is 41.3. The highest BCUT2D eigenvalue weighted by atomic mass is 16.3. The lowest BCUT2D eigenvalue weighted by atomic mass is 10.0. The maximum absolute atomic E-state index is 12.8. The van der Waals surface area contributed by atoms with Crippen LogP contribution in [0, 0.1) is 0 Å². The van der Waals surface area contributed by atoms with Crippen LogP contribution in [-0.4, -0.2) is 65.0 Å². The molecule has 180 valence electrons. The number of piperidine rings is 1. The summed E-state index contributed by atoms with van der Waals surface area (Å²) < 4.78 is 0. The highest BCUT2D eigenvalue weighted by Gasteiger charge is 2.31. The van der Waals surface area contributed by atoms with Crippen LogP contribution < -0.4 is 27.6 Å². The Balaban J connectivity index is 1.27. The number of benzene rings is 2. The van der Waals surface area contributed by atoms with Gasteiger partial charge in [-0.3, -0.25) is 15.4 Å². The number of rotatable bonds is 5. The number of hydrazine groups is 1. The third-order valence-corrected chi connectivity index (χ3v) is 6.34. The number of carbonyl (C=O) groups is 3. The summed E-state index contributed by atoms with van der Waals surface area (Å²) in [6.45, 7) is 1.42. The van der Waals surface area contributed by atoms with Gasteiger partial charge in [-0.15, -0.1) is 0 Å². The summed E-state index contributed by atoms with van der Waals surface area (Å²) >= 11 is 0. The number of nitrogens with zero attached hydrogens (tertiary/aromatic N) is 2. The average Bonchev–Trinajstić information content (AvgIpc) is 3.00. The van der Waals surface area contributed by atoms with Crippen molar-refractivity contribution in [1.29, 1.82) is 0 Å². The molecular formula is C23H29N7O4. The van der Waals surface area contributed by atoms with Crippen LogP contribution in [0.25, 0.3) is 0 Å².